The van der Waals surface area contributed by atoms with Gasteiger partial charge in [0, 0.05) is 34.8 Å². The molecule has 0 fully saturated rings. The van der Waals surface area contributed by atoms with Crippen LogP contribution in [0.5, 0.6) is 0 Å². The minimum absolute atomic E-state index is 0.0815. The quantitative estimate of drug-likeness (QED) is 0.842. The molecular weight excluding hydrogens is 274 g/mol. The number of sulfone groups is 1. The van der Waals surface area contributed by atoms with Crippen LogP contribution in [0.4, 0.5) is 11.4 Å². The topological polar surface area (TPSA) is 85.1 Å². The Kier molecular flexibility index (Phi) is 3.85. The number of benzene rings is 1. The Labute approximate surface area is 119 Å². The highest BCUT2D eigenvalue weighted by Crippen LogP contribution is 2.25. The summed E-state index contributed by atoms with van der Waals surface area (Å²) in [6, 6.07) is 7.23. The number of nitrogens with two attached hydrogens (primary N) is 1. The molecule has 2 rings (SSSR count). The number of anilines is 2. The van der Waals surface area contributed by atoms with Crippen molar-refractivity contribution in [1.29, 1.82) is 0 Å². The molecular formula is C14H19N3O2S. The molecule has 108 valence electrons. The molecule has 0 aliphatic heterocycles. The summed E-state index contributed by atoms with van der Waals surface area (Å²) in [5, 5.41) is 4.13. The number of aromatic nitrogens is 1. The van der Waals surface area contributed by atoms with E-state index in [9.17, 15) is 8.42 Å². The smallest absolute Gasteiger partial charge is 0.149 e. The van der Waals surface area contributed by atoms with Crippen molar-refractivity contribution in [3.63, 3.8) is 0 Å². The molecule has 0 radical (unpaired) electrons. The van der Waals surface area contributed by atoms with E-state index in [1.54, 1.807) is 6.07 Å². The molecule has 1 aromatic heterocycles. The van der Waals surface area contributed by atoms with Crippen molar-refractivity contribution < 1.29 is 8.42 Å². The summed E-state index contributed by atoms with van der Waals surface area (Å²) in [6.45, 7) is 3.75. The number of fused-ring (bicyclic) bond motifs is 1. The second-order valence-electron chi connectivity index (χ2n) is 5.23. The van der Waals surface area contributed by atoms with Gasteiger partial charge < -0.3 is 11.1 Å². The molecule has 0 spiro atoms. The number of pyridine rings is 1. The van der Waals surface area contributed by atoms with Crippen molar-refractivity contribution in [1.82, 2.24) is 4.98 Å². The summed E-state index contributed by atoms with van der Waals surface area (Å²) in [7, 11) is -3.02. The van der Waals surface area contributed by atoms with Crippen LogP contribution in [-0.2, 0) is 9.84 Å². The molecule has 0 amide bonds. The van der Waals surface area contributed by atoms with Gasteiger partial charge in [-0.3, -0.25) is 4.98 Å². The average molecular weight is 293 g/mol. The first-order valence-corrected chi connectivity index (χ1v) is 8.42. The second kappa shape index (κ2) is 5.28. The van der Waals surface area contributed by atoms with Gasteiger partial charge in [0.2, 0.25) is 0 Å². The fraction of sp³-hybridized carbons (Fsp3) is 0.357. The van der Waals surface area contributed by atoms with Gasteiger partial charge in [-0.15, -0.1) is 0 Å². The van der Waals surface area contributed by atoms with Gasteiger partial charge in [0.25, 0.3) is 0 Å². The van der Waals surface area contributed by atoms with E-state index in [-0.39, 0.29) is 11.8 Å². The molecule has 0 saturated carbocycles. The average Bonchev–Trinajstić information content (AvgIpc) is 2.27. The number of nitrogens with zero attached hydrogens (tertiary/aromatic N) is 1. The highest BCUT2D eigenvalue weighted by atomic mass is 32.2. The number of rotatable bonds is 4. The number of nitrogen functional groups attached to an aromatic ring is 1. The SMILES string of the molecule is Cc1cc(NC(C)CS(C)(=O)=O)c2cc(N)ccc2n1. The zero-order chi connectivity index (χ0) is 14.9. The van der Waals surface area contributed by atoms with E-state index in [4.69, 9.17) is 5.73 Å². The van der Waals surface area contributed by atoms with Crippen LogP contribution < -0.4 is 11.1 Å². The first-order valence-electron chi connectivity index (χ1n) is 6.36. The Morgan fingerprint density at radius 2 is 2.05 bits per heavy atom. The molecule has 1 unspecified atom stereocenters. The van der Waals surface area contributed by atoms with Crippen LogP contribution in [0.3, 0.4) is 0 Å². The molecule has 1 heterocycles. The zero-order valence-electron chi connectivity index (χ0n) is 11.8. The highest BCUT2D eigenvalue weighted by Gasteiger charge is 2.12. The Morgan fingerprint density at radius 1 is 1.35 bits per heavy atom. The lowest BCUT2D eigenvalue weighted by Gasteiger charge is -2.16. The number of hydrogen-bond donors (Lipinski definition) is 2. The summed E-state index contributed by atoms with van der Waals surface area (Å²) in [5.41, 5.74) is 9.04. The van der Waals surface area contributed by atoms with Crippen LogP contribution in [0.15, 0.2) is 24.3 Å². The molecule has 0 aliphatic rings. The molecule has 0 aliphatic carbocycles. The predicted octanol–water partition coefficient (Wildman–Crippen LogP) is 1.97. The molecule has 20 heavy (non-hydrogen) atoms. The molecule has 0 saturated heterocycles. The van der Waals surface area contributed by atoms with Crippen LogP contribution in [0.1, 0.15) is 12.6 Å². The summed E-state index contributed by atoms with van der Waals surface area (Å²) in [4.78, 5) is 4.45. The standard InChI is InChI=1S/C14H19N3O2S/c1-9-6-14(17-10(2)8-20(3,18)19)12-7-11(15)4-5-13(12)16-9/h4-7,10H,8,15H2,1-3H3,(H,16,17). The lowest BCUT2D eigenvalue weighted by Crippen LogP contribution is -2.25. The second-order valence-corrected chi connectivity index (χ2v) is 7.41. The third-order valence-corrected chi connectivity index (χ3v) is 4.02. The lowest BCUT2D eigenvalue weighted by atomic mass is 10.1. The first kappa shape index (κ1) is 14.6. The van der Waals surface area contributed by atoms with E-state index in [0.29, 0.717) is 5.69 Å². The van der Waals surface area contributed by atoms with Crippen molar-refractivity contribution in [3.8, 4) is 0 Å². The molecule has 1 aromatic carbocycles. The molecule has 5 nitrogen and oxygen atoms in total. The van der Waals surface area contributed by atoms with Crippen LogP contribution in [0, 0.1) is 6.92 Å². The van der Waals surface area contributed by atoms with Gasteiger partial charge in [-0.1, -0.05) is 0 Å². The lowest BCUT2D eigenvalue weighted by molar-refractivity contribution is 0.598. The van der Waals surface area contributed by atoms with E-state index in [2.05, 4.69) is 10.3 Å². The van der Waals surface area contributed by atoms with E-state index in [1.165, 1.54) is 6.26 Å². The van der Waals surface area contributed by atoms with Crippen molar-refractivity contribution in [2.24, 2.45) is 0 Å². The third kappa shape index (κ3) is 3.60. The predicted molar refractivity (Wildman–Crippen MR) is 83.7 cm³/mol. The van der Waals surface area contributed by atoms with Gasteiger partial charge in [-0.05, 0) is 38.1 Å². The van der Waals surface area contributed by atoms with Gasteiger partial charge in [0.15, 0.2) is 0 Å². The van der Waals surface area contributed by atoms with Crippen molar-refractivity contribution in [2.75, 3.05) is 23.1 Å². The first-order chi connectivity index (χ1) is 9.24. The van der Waals surface area contributed by atoms with Crippen molar-refractivity contribution >= 4 is 32.1 Å². The van der Waals surface area contributed by atoms with E-state index < -0.39 is 9.84 Å². The van der Waals surface area contributed by atoms with Crippen LogP contribution in [0.25, 0.3) is 10.9 Å². The molecule has 6 heteroatoms. The maximum Gasteiger partial charge on any atom is 0.149 e. The zero-order valence-corrected chi connectivity index (χ0v) is 12.7. The number of hydrogen-bond acceptors (Lipinski definition) is 5. The minimum Gasteiger partial charge on any atom is -0.399 e. The van der Waals surface area contributed by atoms with Gasteiger partial charge in [-0.2, -0.15) is 0 Å². The van der Waals surface area contributed by atoms with Gasteiger partial charge in [0.05, 0.1) is 11.3 Å². The van der Waals surface area contributed by atoms with E-state index in [0.717, 1.165) is 22.3 Å². The summed E-state index contributed by atoms with van der Waals surface area (Å²) < 4.78 is 22.7. The van der Waals surface area contributed by atoms with Crippen molar-refractivity contribution in [3.05, 3.63) is 30.0 Å². The Bertz CT molecular complexity index is 741. The molecule has 3 N–H and O–H groups in total. The fourth-order valence-corrected chi connectivity index (χ4v) is 3.25. The van der Waals surface area contributed by atoms with Crippen LogP contribution in [-0.4, -0.2) is 31.5 Å². The van der Waals surface area contributed by atoms with Gasteiger partial charge >= 0.3 is 0 Å². The minimum atomic E-state index is -3.02. The normalized spacial score (nSPS) is 13.3. The molecule has 2 aromatic rings. The van der Waals surface area contributed by atoms with E-state index >= 15 is 0 Å². The summed E-state index contributed by atoms with van der Waals surface area (Å²) >= 11 is 0. The number of nitrogens with one attached hydrogen (secondary N) is 1. The maximum absolute atomic E-state index is 11.3. The van der Waals surface area contributed by atoms with Gasteiger partial charge in [0.1, 0.15) is 9.84 Å². The monoisotopic (exact) mass is 293 g/mol. The maximum atomic E-state index is 11.3. The van der Waals surface area contributed by atoms with E-state index in [1.807, 2.05) is 32.0 Å². The Morgan fingerprint density at radius 3 is 2.70 bits per heavy atom. The van der Waals surface area contributed by atoms with Crippen LogP contribution >= 0.6 is 0 Å². The largest absolute Gasteiger partial charge is 0.399 e. The Hall–Kier alpha value is -1.82. The highest BCUT2D eigenvalue weighted by molar-refractivity contribution is 7.90. The molecule has 1 atom stereocenters. The van der Waals surface area contributed by atoms with Crippen molar-refractivity contribution in [2.45, 2.75) is 19.9 Å². The molecule has 0 bridgehead atoms. The third-order valence-electron chi connectivity index (χ3n) is 2.92. The van der Waals surface area contributed by atoms with Gasteiger partial charge in [-0.25, -0.2) is 8.42 Å². The summed E-state index contributed by atoms with van der Waals surface area (Å²) in [6.07, 6.45) is 1.24. The Balaban J connectivity index is 2.40. The summed E-state index contributed by atoms with van der Waals surface area (Å²) in [5.74, 6) is 0.0815. The van der Waals surface area contributed by atoms with Crippen LogP contribution in [0.2, 0.25) is 0 Å². The fourth-order valence-electron chi connectivity index (χ4n) is 2.26. The number of aryl methyl sites for hydroxylation is 1.